The van der Waals surface area contributed by atoms with Crippen molar-refractivity contribution in [1.82, 2.24) is 15.2 Å². The van der Waals surface area contributed by atoms with Gasteiger partial charge in [0.2, 0.25) is 17.6 Å². The Labute approximate surface area is 234 Å². The Balaban J connectivity index is 1.26. The van der Waals surface area contributed by atoms with E-state index in [1.807, 2.05) is 4.90 Å². The molecule has 0 radical (unpaired) electrons. The lowest BCUT2D eigenvalue weighted by molar-refractivity contribution is -0.136. The van der Waals surface area contributed by atoms with Gasteiger partial charge < -0.3 is 14.4 Å². The standard InChI is InChI=1S/C27H21F3N4O6S/c28-16-2-1-14(18-12-41-27(31-18)33-5-7-39-8-6-33)23(22(16)30)40-11-13-9-15-21(17(29)10-13)26(38)34(25(15)37)19-3-4-20(35)32-24(19)36/h1-2,9-10,12,19H,3-8,11H2,(H,32,35,36). The number of carbonyl (C=O) groups is 4. The van der Waals surface area contributed by atoms with Crippen LogP contribution in [-0.2, 0) is 20.9 Å². The third kappa shape index (κ3) is 4.82. The summed E-state index contributed by atoms with van der Waals surface area (Å²) in [6.07, 6.45) is -0.168. The van der Waals surface area contributed by atoms with Gasteiger partial charge in [0.1, 0.15) is 18.5 Å². The van der Waals surface area contributed by atoms with Gasteiger partial charge in [0.25, 0.3) is 11.8 Å². The smallest absolute Gasteiger partial charge is 0.265 e. The zero-order valence-electron chi connectivity index (χ0n) is 21.2. The second-order valence-electron chi connectivity index (χ2n) is 9.59. The molecule has 4 amide bonds. The molecule has 2 aromatic carbocycles. The molecule has 41 heavy (non-hydrogen) atoms. The first-order chi connectivity index (χ1) is 19.7. The van der Waals surface area contributed by atoms with Crippen molar-refractivity contribution >= 4 is 40.1 Å². The molecule has 0 aliphatic carbocycles. The number of imide groups is 2. The minimum Gasteiger partial charge on any atom is -0.485 e. The summed E-state index contributed by atoms with van der Waals surface area (Å²) in [6, 6.07) is 3.18. The molecule has 4 heterocycles. The number of anilines is 1. The van der Waals surface area contributed by atoms with Crippen molar-refractivity contribution in [2.75, 3.05) is 31.2 Å². The van der Waals surface area contributed by atoms with Crippen LogP contribution in [0, 0.1) is 17.5 Å². The maximum atomic E-state index is 15.1. The van der Waals surface area contributed by atoms with E-state index in [2.05, 4.69) is 10.3 Å². The number of halogens is 3. The zero-order chi connectivity index (χ0) is 28.8. The molecule has 1 N–H and O–H groups in total. The number of amides is 4. The average Bonchev–Trinajstić information content (AvgIpc) is 3.54. The van der Waals surface area contributed by atoms with Crippen LogP contribution in [-0.4, -0.2) is 65.9 Å². The molecule has 3 aromatic rings. The van der Waals surface area contributed by atoms with E-state index in [1.165, 1.54) is 23.5 Å². The highest BCUT2D eigenvalue weighted by atomic mass is 32.1. The maximum Gasteiger partial charge on any atom is 0.265 e. The molecule has 0 bridgehead atoms. The number of aromatic nitrogens is 1. The van der Waals surface area contributed by atoms with Crippen molar-refractivity contribution in [3.63, 3.8) is 0 Å². The number of benzene rings is 2. The molecule has 1 atom stereocenters. The van der Waals surface area contributed by atoms with E-state index in [0.29, 0.717) is 42.0 Å². The Bertz CT molecular complexity index is 1610. The number of hydrogen-bond acceptors (Lipinski definition) is 9. The van der Waals surface area contributed by atoms with Gasteiger partial charge >= 0.3 is 0 Å². The fraction of sp³-hybridized carbons (Fsp3) is 0.296. The molecule has 14 heteroatoms. The monoisotopic (exact) mass is 586 g/mol. The van der Waals surface area contributed by atoms with Crippen LogP contribution >= 0.6 is 11.3 Å². The van der Waals surface area contributed by atoms with E-state index >= 15 is 4.39 Å². The SMILES string of the molecule is O=C1CCC(N2C(=O)c3cc(COc4c(-c5csc(N6CCOCC6)n5)ccc(F)c4F)cc(F)c3C2=O)C(=O)N1. The number of piperidine rings is 1. The summed E-state index contributed by atoms with van der Waals surface area (Å²) >= 11 is 1.33. The number of ether oxygens (including phenoxy) is 2. The number of thiazole rings is 1. The molecule has 1 aromatic heterocycles. The molecule has 2 saturated heterocycles. The highest BCUT2D eigenvalue weighted by Crippen LogP contribution is 2.37. The Morgan fingerprint density at radius 1 is 1.02 bits per heavy atom. The second kappa shape index (κ2) is 10.6. The first kappa shape index (κ1) is 26.9. The molecule has 0 saturated carbocycles. The first-order valence-electron chi connectivity index (χ1n) is 12.7. The predicted octanol–water partition coefficient (Wildman–Crippen LogP) is 3.04. The lowest BCUT2D eigenvalue weighted by Gasteiger charge is -2.27. The summed E-state index contributed by atoms with van der Waals surface area (Å²) in [5.74, 6) is -7.17. The molecule has 3 aliphatic heterocycles. The van der Waals surface area contributed by atoms with Crippen LogP contribution in [0.4, 0.5) is 18.3 Å². The average molecular weight is 587 g/mol. The van der Waals surface area contributed by atoms with Gasteiger partial charge in [-0.2, -0.15) is 4.39 Å². The number of carbonyl (C=O) groups excluding carboxylic acids is 4. The van der Waals surface area contributed by atoms with Gasteiger partial charge in [0.05, 0.1) is 30.0 Å². The summed E-state index contributed by atoms with van der Waals surface area (Å²) in [5, 5.41) is 4.44. The molecule has 2 fully saturated rings. The molecule has 6 rings (SSSR count). The normalized spacial score (nSPS) is 19.0. The van der Waals surface area contributed by atoms with Crippen LogP contribution in [0.2, 0.25) is 0 Å². The molecule has 10 nitrogen and oxygen atoms in total. The van der Waals surface area contributed by atoms with E-state index in [9.17, 15) is 28.0 Å². The van der Waals surface area contributed by atoms with E-state index in [4.69, 9.17) is 9.47 Å². The fourth-order valence-corrected chi connectivity index (χ4v) is 5.88. The molecular formula is C27H21F3N4O6S. The first-order valence-corrected chi connectivity index (χ1v) is 13.5. The number of nitrogens with one attached hydrogen (secondary N) is 1. The lowest BCUT2D eigenvalue weighted by atomic mass is 10.0. The Kier molecular flexibility index (Phi) is 6.95. The highest BCUT2D eigenvalue weighted by molar-refractivity contribution is 7.14. The molecular weight excluding hydrogens is 565 g/mol. The zero-order valence-corrected chi connectivity index (χ0v) is 22.1. The van der Waals surface area contributed by atoms with Crippen molar-refractivity contribution in [2.45, 2.75) is 25.5 Å². The quantitative estimate of drug-likeness (QED) is 0.438. The van der Waals surface area contributed by atoms with E-state index in [0.717, 1.165) is 12.1 Å². The summed E-state index contributed by atoms with van der Waals surface area (Å²) in [7, 11) is 0. The highest BCUT2D eigenvalue weighted by Gasteiger charge is 2.46. The minimum atomic E-state index is -1.26. The van der Waals surface area contributed by atoms with E-state index < -0.39 is 65.0 Å². The van der Waals surface area contributed by atoms with Crippen molar-refractivity contribution in [3.8, 4) is 17.0 Å². The van der Waals surface area contributed by atoms with Gasteiger partial charge in [0.15, 0.2) is 16.7 Å². The van der Waals surface area contributed by atoms with E-state index in [1.54, 1.807) is 5.38 Å². The van der Waals surface area contributed by atoms with Crippen LogP contribution in [0.15, 0.2) is 29.6 Å². The second-order valence-corrected chi connectivity index (χ2v) is 10.4. The minimum absolute atomic E-state index is 0.0643. The Morgan fingerprint density at radius 3 is 2.56 bits per heavy atom. The van der Waals surface area contributed by atoms with Crippen molar-refractivity contribution in [1.29, 1.82) is 0 Å². The van der Waals surface area contributed by atoms with Crippen molar-refractivity contribution < 1.29 is 41.8 Å². The number of hydrogen-bond donors (Lipinski definition) is 1. The van der Waals surface area contributed by atoms with Gasteiger partial charge in [0, 0.05) is 30.5 Å². The molecule has 3 aliphatic rings. The lowest BCUT2D eigenvalue weighted by Crippen LogP contribution is -2.54. The number of morpholine rings is 1. The fourth-order valence-electron chi connectivity index (χ4n) is 5.00. The van der Waals surface area contributed by atoms with Gasteiger partial charge in [-0.3, -0.25) is 29.4 Å². The predicted molar refractivity (Wildman–Crippen MR) is 138 cm³/mol. The van der Waals surface area contributed by atoms with Crippen LogP contribution in [0.3, 0.4) is 0 Å². The Morgan fingerprint density at radius 2 is 1.80 bits per heavy atom. The van der Waals surface area contributed by atoms with Crippen LogP contribution < -0.4 is 15.0 Å². The largest absolute Gasteiger partial charge is 0.485 e. The molecule has 1 unspecified atom stereocenters. The third-order valence-corrected chi connectivity index (χ3v) is 7.94. The van der Waals surface area contributed by atoms with Crippen molar-refractivity contribution in [3.05, 3.63) is 63.8 Å². The Hall–Kier alpha value is -4.30. The van der Waals surface area contributed by atoms with Gasteiger partial charge in [-0.05, 0) is 36.2 Å². The van der Waals surface area contributed by atoms with Crippen LogP contribution in [0.5, 0.6) is 5.75 Å². The van der Waals surface area contributed by atoms with Crippen molar-refractivity contribution in [2.24, 2.45) is 0 Å². The summed E-state index contributed by atoms with van der Waals surface area (Å²) in [6.45, 7) is 1.90. The summed E-state index contributed by atoms with van der Waals surface area (Å²) < 4.78 is 55.3. The summed E-state index contributed by atoms with van der Waals surface area (Å²) in [4.78, 5) is 57.0. The van der Waals surface area contributed by atoms with Gasteiger partial charge in [-0.1, -0.05) is 0 Å². The number of rotatable bonds is 6. The van der Waals surface area contributed by atoms with E-state index in [-0.39, 0.29) is 29.5 Å². The maximum absolute atomic E-state index is 15.1. The number of nitrogens with zero attached hydrogens (tertiary/aromatic N) is 3. The molecule has 0 spiro atoms. The number of fused-ring (bicyclic) bond motifs is 1. The topological polar surface area (TPSA) is 118 Å². The van der Waals surface area contributed by atoms with Gasteiger partial charge in [-0.15, -0.1) is 11.3 Å². The van der Waals surface area contributed by atoms with Crippen LogP contribution in [0.1, 0.15) is 39.1 Å². The third-order valence-electron chi connectivity index (χ3n) is 7.04. The summed E-state index contributed by atoms with van der Waals surface area (Å²) in [5.41, 5.74) is -0.218. The molecule has 212 valence electrons. The van der Waals surface area contributed by atoms with Gasteiger partial charge in [-0.25, -0.2) is 13.8 Å². The van der Waals surface area contributed by atoms with Crippen LogP contribution in [0.25, 0.3) is 11.3 Å².